The van der Waals surface area contributed by atoms with Crippen LogP contribution in [0.3, 0.4) is 0 Å². The summed E-state index contributed by atoms with van der Waals surface area (Å²) in [4.78, 5) is 51.3. The van der Waals surface area contributed by atoms with E-state index in [4.69, 9.17) is 15.6 Å². The summed E-state index contributed by atoms with van der Waals surface area (Å²) in [5, 5.41) is 5.51. The van der Waals surface area contributed by atoms with Gasteiger partial charge in [-0.3, -0.25) is 9.59 Å². The number of anilines is 2. The van der Waals surface area contributed by atoms with Gasteiger partial charge < -0.3 is 34.5 Å². The molecule has 3 rings (SSSR count). The fourth-order valence-corrected chi connectivity index (χ4v) is 3.86. The van der Waals surface area contributed by atoms with Gasteiger partial charge in [-0.05, 0) is 46.5 Å². The second kappa shape index (κ2) is 13.1. The van der Waals surface area contributed by atoms with Crippen molar-refractivity contribution in [1.82, 2.24) is 0 Å². The van der Waals surface area contributed by atoms with Gasteiger partial charge in [0.25, 0.3) is 11.8 Å². The highest BCUT2D eigenvalue weighted by Gasteiger charge is 2.31. The molecule has 2 aromatic rings. The van der Waals surface area contributed by atoms with Crippen molar-refractivity contribution in [1.29, 1.82) is 0 Å². The molecule has 11 nitrogen and oxygen atoms in total. The Morgan fingerprint density at radius 1 is 0.947 bits per heavy atom. The number of benzene rings is 2. The van der Waals surface area contributed by atoms with Crippen molar-refractivity contribution < 1.29 is 39.6 Å². The van der Waals surface area contributed by atoms with Crippen molar-refractivity contribution in [3.05, 3.63) is 72.2 Å². The van der Waals surface area contributed by atoms with Gasteiger partial charge in [-0.25, -0.2) is 4.79 Å². The standard InChI is InChI=1S/C27H29N3O8/c1-4-16(2)35-14-25(32)29-18-5-7-20-21-8-6-19(30-26(33)15-36-17(3)9-10-31)12-23(21)24(22(20)11-18)13-37-27(34)38-28/h5-8,10-12,24H,2-4,9,13-15,28H2,1H3,(H,29,32)(H,30,33)/i28D. The number of hydrogen-bond acceptors (Lipinski definition) is 9. The Kier molecular flexibility index (Phi) is 9.08. The average molecular weight is 525 g/mol. The molecule has 0 saturated carbocycles. The van der Waals surface area contributed by atoms with Crippen LogP contribution in [0.2, 0.25) is 1.41 Å². The molecule has 1 unspecified atom stereocenters. The van der Waals surface area contributed by atoms with Crippen LogP contribution in [-0.4, -0.2) is 44.1 Å². The SMILES string of the molecule is [2H]NOC(=O)OCC1c2cc(NC(=O)COC(=C)CC)ccc2-c2ccc(NC(=O)COC(=C)CC=O)cc21. The molecule has 1 aliphatic carbocycles. The minimum atomic E-state index is -1.09. The van der Waals surface area contributed by atoms with Gasteiger partial charge in [0.2, 0.25) is 0 Å². The summed E-state index contributed by atoms with van der Waals surface area (Å²) >= 11 is 0. The lowest BCUT2D eigenvalue weighted by Crippen LogP contribution is -2.19. The molecule has 4 N–H and O–H groups in total. The van der Waals surface area contributed by atoms with E-state index in [9.17, 15) is 19.2 Å². The first-order valence-corrected chi connectivity index (χ1v) is 11.7. The first-order chi connectivity index (χ1) is 18.7. The molecule has 0 heterocycles. The number of carbonyl (C=O) groups is 4. The monoisotopic (exact) mass is 524 g/mol. The van der Waals surface area contributed by atoms with E-state index in [2.05, 4.69) is 28.6 Å². The third-order valence-electron chi connectivity index (χ3n) is 5.68. The molecule has 2 amide bonds. The third kappa shape index (κ3) is 7.20. The predicted molar refractivity (Wildman–Crippen MR) is 139 cm³/mol. The molecule has 1 aliphatic rings. The van der Waals surface area contributed by atoms with Gasteiger partial charge in [-0.1, -0.05) is 32.2 Å². The van der Waals surface area contributed by atoms with Gasteiger partial charge in [-0.15, -0.1) is 0 Å². The maximum Gasteiger partial charge on any atom is 0.527 e. The topological polar surface area (TPSA) is 155 Å². The molecule has 2 aromatic carbocycles. The molecule has 0 fully saturated rings. The van der Waals surface area contributed by atoms with Crippen LogP contribution in [-0.2, 0) is 33.4 Å². The molecular weight excluding hydrogens is 494 g/mol. The van der Waals surface area contributed by atoms with E-state index in [1.807, 2.05) is 19.1 Å². The van der Waals surface area contributed by atoms with E-state index in [1.54, 1.807) is 24.3 Å². The summed E-state index contributed by atoms with van der Waals surface area (Å²) in [7, 11) is 0. The maximum absolute atomic E-state index is 12.3. The van der Waals surface area contributed by atoms with Crippen molar-refractivity contribution in [2.75, 3.05) is 30.5 Å². The molecule has 11 heteroatoms. The molecule has 0 bridgehead atoms. The van der Waals surface area contributed by atoms with Crippen molar-refractivity contribution in [2.45, 2.75) is 25.7 Å². The number of carbonyl (C=O) groups excluding carboxylic acids is 4. The Labute approximate surface area is 221 Å². The molecule has 0 aromatic heterocycles. The smallest absolute Gasteiger partial charge is 0.489 e. The molecule has 0 saturated heterocycles. The summed E-state index contributed by atoms with van der Waals surface area (Å²) in [5.74, 6) is 0.920. The molecule has 0 spiro atoms. The quantitative estimate of drug-likeness (QED) is 0.145. The molecule has 0 aliphatic heterocycles. The third-order valence-corrected chi connectivity index (χ3v) is 5.68. The van der Waals surface area contributed by atoms with Crippen LogP contribution >= 0.6 is 0 Å². The fourth-order valence-electron chi connectivity index (χ4n) is 3.86. The minimum Gasteiger partial charge on any atom is -0.489 e. The normalized spacial score (nSPS) is 13.2. The number of nitrogens with two attached hydrogens (primary N) is 1. The Morgan fingerprint density at radius 2 is 1.50 bits per heavy atom. The van der Waals surface area contributed by atoms with Crippen LogP contribution in [0.25, 0.3) is 11.1 Å². The molecular formula is C27H29N3O8. The van der Waals surface area contributed by atoms with Crippen molar-refractivity contribution in [2.24, 2.45) is 5.89 Å². The van der Waals surface area contributed by atoms with Crippen LogP contribution in [0.15, 0.2) is 61.1 Å². The summed E-state index contributed by atoms with van der Waals surface area (Å²) in [5.41, 5.74) is 4.21. The molecule has 1 atom stereocenters. The highest BCUT2D eigenvalue weighted by atomic mass is 16.8. The van der Waals surface area contributed by atoms with E-state index in [1.165, 1.54) is 5.89 Å². The number of aldehydes is 1. The highest BCUT2D eigenvalue weighted by molar-refractivity contribution is 5.94. The highest BCUT2D eigenvalue weighted by Crippen LogP contribution is 2.46. The van der Waals surface area contributed by atoms with E-state index in [0.29, 0.717) is 29.8 Å². The summed E-state index contributed by atoms with van der Waals surface area (Å²) in [6.07, 6.45) is 0.128. The van der Waals surface area contributed by atoms with E-state index < -0.39 is 18.0 Å². The number of fused-ring (bicyclic) bond motifs is 3. The Hall–Kier alpha value is -4.64. The van der Waals surface area contributed by atoms with Gasteiger partial charge in [0, 0.05) is 23.7 Å². The van der Waals surface area contributed by atoms with Crippen LogP contribution in [0.1, 0.15) is 36.8 Å². The number of allylic oxidation sites excluding steroid dienone is 2. The second-order valence-electron chi connectivity index (χ2n) is 8.30. The van der Waals surface area contributed by atoms with Gasteiger partial charge in [0.15, 0.2) is 14.6 Å². The zero-order valence-corrected chi connectivity index (χ0v) is 20.8. The average Bonchev–Trinajstić information content (AvgIpc) is 3.21. The first-order valence-electron chi connectivity index (χ1n) is 12.2. The van der Waals surface area contributed by atoms with Crippen molar-refractivity contribution in [3.63, 3.8) is 0 Å². The lowest BCUT2D eigenvalue weighted by atomic mass is 9.97. The molecule has 200 valence electrons. The lowest BCUT2D eigenvalue weighted by Gasteiger charge is -2.15. The van der Waals surface area contributed by atoms with Crippen LogP contribution in [0.4, 0.5) is 16.2 Å². The largest absolute Gasteiger partial charge is 0.527 e. The van der Waals surface area contributed by atoms with E-state index in [-0.39, 0.29) is 37.9 Å². The van der Waals surface area contributed by atoms with E-state index >= 15 is 0 Å². The maximum atomic E-state index is 12.3. The van der Waals surface area contributed by atoms with Crippen LogP contribution in [0, 0.1) is 0 Å². The van der Waals surface area contributed by atoms with Gasteiger partial charge >= 0.3 is 6.16 Å². The number of nitrogens with one attached hydrogen (secondary N) is 2. The second-order valence-corrected chi connectivity index (χ2v) is 8.30. The number of hydrogen-bond donors (Lipinski definition) is 3. The van der Waals surface area contributed by atoms with Crippen molar-refractivity contribution >= 4 is 35.6 Å². The Bertz CT molecular complexity index is 1280. The zero-order chi connectivity index (χ0) is 28.4. The van der Waals surface area contributed by atoms with E-state index in [0.717, 1.165) is 22.3 Å². The van der Waals surface area contributed by atoms with Gasteiger partial charge in [-0.2, -0.15) is 5.89 Å². The number of ether oxygens (including phenoxy) is 3. The first kappa shape index (κ1) is 26.4. The Morgan fingerprint density at radius 3 is 2.00 bits per heavy atom. The summed E-state index contributed by atoms with van der Waals surface area (Å²) in [6, 6.07) is 10.6. The van der Waals surface area contributed by atoms with Crippen LogP contribution in [0.5, 0.6) is 0 Å². The number of rotatable bonds is 14. The van der Waals surface area contributed by atoms with Crippen LogP contribution < -0.4 is 16.5 Å². The van der Waals surface area contributed by atoms with Gasteiger partial charge in [0.1, 0.15) is 12.9 Å². The summed E-state index contributed by atoms with van der Waals surface area (Å²) in [6.45, 7) is 8.50. The minimum absolute atomic E-state index is 0.00621. The summed E-state index contributed by atoms with van der Waals surface area (Å²) < 4.78 is 22.5. The Balaban J connectivity index is 1.81. The molecule has 38 heavy (non-hydrogen) atoms. The zero-order valence-electron chi connectivity index (χ0n) is 21.8. The molecule has 0 radical (unpaired) electrons. The van der Waals surface area contributed by atoms with Gasteiger partial charge in [0.05, 0.1) is 17.9 Å². The lowest BCUT2D eigenvalue weighted by molar-refractivity contribution is -0.120. The number of amides is 2. The predicted octanol–water partition coefficient (Wildman–Crippen LogP) is 3.76. The van der Waals surface area contributed by atoms with Crippen molar-refractivity contribution in [3.8, 4) is 11.1 Å². The fraction of sp³-hybridized carbons (Fsp3) is 0.259.